The van der Waals surface area contributed by atoms with Crippen LogP contribution in [-0.2, 0) is 11.3 Å². The standard InChI is InChI=1S/C24H20ClNO3S/c1-15(10-24(27)26-13-18-4-3-9-30-18)19-11-20-21(16-5-7-17(25)8-6-16)14-29-23(20)12-22(19)28-2/h3-12,14H,13H2,1-2H3,(H,26,27)/b15-10+. The normalized spacial score (nSPS) is 11.6. The molecule has 0 saturated carbocycles. The summed E-state index contributed by atoms with van der Waals surface area (Å²) in [6.45, 7) is 2.41. The van der Waals surface area contributed by atoms with Crippen LogP contribution in [0.5, 0.6) is 5.75 Å². The summed E-state index contributed by atoms with van der Waals surface area (Å²) in [7, 11) is 1.61. The molecule has 30 heavy (non-hydrogen) atoms. The van der Waals surface area contributed by atoms with Crippen molar-refractivity contribution in [3.8, 4) is 16.9 Å². The second-order valence-corrected chi connectivity index (χ2v) is 8.30. The summed E-state index contributed by atoms with van der Waals surface area (Å²) in [5.74, 6) is 0.507. The molecule has 0 bridgehead atoms. The molecule has 2 aromatic heterocycles. The molecule has 0 spiro atoms. The third kappa shape index (κ3) is 4.27. The first-order valence-electron chi connectivity index (χ1n) is 9.39. The first-order valence-corrected chi connectivity index (χ1v) is 10.6. The van der Waals surface area contributed by atoms with E-state index in [0.29, 0.717) is 17.3 Å². The molecule has 6 heteroatoms. The lowest BCUT2D eigenvalue weighted by Gasteiger charge is -2.10. The van der Waals surface area contributed by atoms with Gasteiger partial charge in [0.15, 0.2) is 0 Å². The average molecular weight is 438 g/mol. The Morgan fingerprint density at radius 3 is 2.73 bits per heavy atom. The van der Waals surface area contributed by atoms with E-state index in [1.807, 2.05) is 60.8 Å². The molecule has 0 unspecified atom stereocenters. The smallest absolute Gasteiger partial charge is 0.244 e. The minimum Gasteiger partial charge on any atom is -0.496 e. The van der Waals surface area contributed by atoms with E-state index >= 15 is 0 Å². The molecule has 1 N–H and O–H groups in total. The first-order chi connectivity index (χ1) is 14.5. The summed E-state index contributed by atoms with van der Waals surface area (Å²) >= 11 is 7.63. The lowest BCUT2D eigenvalue weighted by molar-refractivity contribution is -0.116. The van der Waals surface area contributed by atoms with Gasteiger partial charge in [-0.1, -0.05) is 29.8 Å². The van der Waals surface area contributed by atoms with Crippen LogP contribution in [0.15, 0.2) is 70.7 Å². The quantitative estimate of drug-likeness (QED) is 0.348. The maximum atomic E-state index is 12.4. The van der Waals surface area contributed by atoms with Crippen LogP contribution in [-0.4, -0.2) is 13.0 Å². The zero-order valence-electron chi connectivity index (χ0n) is 16.6. The minimum absolute atomic E-state index is 0.145. The first kappa shape index (κ1) is 20.3. The Hall–Kier alpha value is -3.02. The summed E-state index contributed by atoms with van der Waals surface area (Å²) in [6.07, 6.45) is 3.32. The lowest BCUT2D eigenvalue weighted by atomic mass is 9.99. The number of hydrogen-bond acceptors (Lipinski definition) is 4. The van der Waals surface area contributed by atoms with Crippen LogP contribution < -0.4 is 10.1 Å². The molecule has 1 amide bonds. The highest BCUT2D eigenvalue weighted by Gasteiger charge is 2.15. The van der Waals surface area contributed by atoms with Gasteiger partial charge < -0.3 is 14.5 Å². The zero-order chi connectivity index (χ0) is 21.1. The SMILES string of the molecule is COc1cc2occ(-c3ccc(Cl)cc3)c2cc1/C(C)=C/C(=O)NCc1cccs1. The van der Waals surface area contributed by atoms with Crippen molar-refractivity contribution in [2.45, 2.75) is 13.5 Å². The second kappa shape index (κ2) is 8.78. The van der Waals surface area contributed by atoms with Gasteiger partial charge in [-0.2, -0.15) is 0 Å². The molecule has 4 rings (SSSR count). The number of ether oxygens (including phenoxy) is 1. The van der Waals surface area contributed by atoms with Crippen molar-refractivity contribution in [1.82, 2.24) is 5.32 Å². The van der Waals surface area contributed by atoms with E-state index in [1.54, 1.807) is 30.8 Å². The lowest BCUT2D eigenvalue weighted by Crippen LogP contribution is -2.20. The van der Waals surface area contributed by atoms with Gasteiger partial charge >= 0.3 is 0 Å². The Kier molecular flexibility index (Phi) is 5.93. The Balaban J connectivity index is 1.67. The Labute approximate surface area is 183 Å². The summed E-state index contributed by atoms with van der Waals surface area (Å²) in [5, 5.41) is 6.54. The van der Waals surface area contributed by atoms with E-state index in [0.717, 1.165) is 38.1 Å². The molecule has 0 atom stereocenters. The molecule has 0 aliphatic rings. The maximum Gasteiger partial charge on any atom is 0.244 e. The number of furan rings is 1. The Bertz CT molecular complexity index is 1210. The Morgan fingerprint density at radius 1 is 1.23 bits per heavy atom. The highest BCUT2D eigenvalue weighted by molar-refractivity contribution is 7.09. The third-order valence-electron chi connectivity index (χ3n) is 4.84. The van der Waals surface area contributed by atoms with Gasteiger partial charge in [-0.05, 0) is 47.7 Å². The van der Waals surface area contributed by atoms with Gasteiger partial charge in [0.05, 0.1) is 19.9 Å². The summed E-state index contributed by atoms with van der Waals surface area (Å²) in [5.41, 5.74) is 4.33. The second-order valence-electron chi connectivity index (χ2n) is 6.83. The van der Waals surface area contributed by atoms with Crippen LogP contribution in [0.1, 0.15) is 17.4 Å². The average Bonchev–Trinajstić information content (AvgIpc) is 3.41. The molecule has 0 aliphatic heterocycles. The van der Waals surface area contributed by atoms with E-state index in [9.17, 15) is 4.79 Å². The number of hydrogen-bond donors (Lipinski definition) is 1. The number of rotatable bonds is 6. The predicted molar refractivity (Wildman–Crippen MR) is 123 cm³/mol. The van der Waals surface area contributed by atoms with E-state index in [4.69, 9.17) is 20.8 Å². The fourth-order valence-corrected chi connectivity index (χ4v) is 4.07. The van der Waals surface area contributed by atoms with Gasteiger partial charge in [-0.15, -0.1) is 11.3 Å². The monoisotopic (exact) mass is 437 g/mol. The van der Waals surface area contributed by atoms with Gasteiger partial charge in [-0.3, -0.25) is 4.79 Å². The van der Waals surface area contributed by atoms with Crippen LogP contribution in [0.25, 0.3) is 27.7 Å². The largest absolute Gasteiger partial charge is 0.496 e. The van der Waals surface area contributed by atoms with Crippen LogP contribution in [0, 0.1) is 0 Å². The number of benzene rings is 2. The molecular weight excluding hydrogens is 418 g/mol. The van der Waals surface area contributed by atoms with Crippen molar-refractivity contribution in [2.24, 2.45) is 0 Å². The van der Waals surface area contributed by atoms with Gasteiger partial charge in [0.1, 0.15) is 11.3 Å². The van der Waals surface area contributed by atoms with Gasteiger partial charge in [0, 0.05) is 38.6 Å². The van der Waals surface area contributed by atoms with Gasteiger partial charge in [0.25, 0.3) is 0 Å². The molecule has 152 valence electrons. The van der Waals surface area contributed by atoms with Crippen molar-refractivity contribution in [3.05, 3.63) is 81.7 Å². The minimum atomic E-state index is -0.145. The molecule has 0 saturated heterocycles. The van der Waals surface area contributed by atoms with E-state index in [-0.39, 0.29) is 5.91 Å². The number of nitrogens with one attached hydrogen (secondary N) is 1. The molecular formula is C24H20ClNO3S. The van der Waals surface area contributed by atoms with Crippen LogP contribution in [0.4, 0.5) is 0 Å². The summed E-state index contributed by atoms with van der Waals surface area (Å²) in [4.78, 5) is 13.5. The van der Waals surface area contributed by atoms with Crippen molar-refractivity contribution >= 4 is 45.4 Å². The fraction of sp³-hybridized carbons (Fsp3) is 0.125. The van der Waals surface area contributed by atoms with Gasteiger partial charge in [0.2, 0.25) is 5.91 Å². The molecule has 4 nitrogen and oxygen atoms in total. The molecule has 0 radical (unpaired) electrons. The van der Waals surface area contributed by atoms with Crippen molar-refractivity contribution in [2.75, 3.05) is 7.11 Å². The molecule has 0 fully saturated rings. The number of thiophene rings is 1. The number of amides is 1. The molecule has 2 heterocycles. The number of fused-ring (bicyclic) bond motifs is 1. The zero-order valence-corrected chi connectivity index (χ0v) is 18.1. The third-order valence-corrected chi connectivity index (χ3v) is 5.97. The van der Waals surface area contributed by atoms with Crippen LogP contribution in [0.3, 0.4) is 0 Å². The number of allylic oxidation sites excluding steroid dienone is 1. The fourth-order valence-electron chi connectivity index (χ4n) is 3.30. The highest BCUT2D eigenvalue weighted by Crippen LogP contribution is 2.37. The number of methoxy groups -OCH3 is 1. The number of carbonyl (C=O) groups excluding carboxylic acids is 1. The topological polar surface area (TPSA) is 51.5 Å². The number of carbonyl (C=O) groups is 1. The molecule has 4 aromatic rings. The molecule has 2 aromatic carbocycles. The molecule has 0 aliphatic carbocycles. The number of halogens is 1. The Morgan fingerprint density at radius 2 is 2.03 bits per heavy atom. The van der Waals surface area contributed by atoms with Crippen molar-refractivity contribution in [3.63, 3.8) is 0 Å². The summed E-state index contributed by atoms with van der Waals surface area (Å²) in [6, 6.07) is 15.4. The van der Waals surface area contributed by atoms with E-state index in [2.05, 4.69) is 5.32 Å². The van der Waals surface area contributed by atoms with Crippen LogP contribution >= 0.6 is 22.9 Å². The van der Waals surface area contributed by atoms with Gasteiger partial charge in [-0.25, -0.2) is 0 Å². The van der Waals surface area contributed by atoms with E-state index in [1.165, 1.54) is 0 Å². The maximum absolute atomic E-state index is 12.4. The van der Waals surface area contributed by atoms with Crippen molar-refractivity contribution < 1.29 is 13.9 Å². The predicted octanol–water partition coefficient (Wildman–Crippen LogP) is 6.54. The summed E-state index contributed by atoms with van der Waals surface area (Å²) < 4.78 is 11.3. The highest BCUT2D eigenvalue weighted by atomic mass is 35.5. The van der Waals surface area contributed by atoms with Crippen molar-refractivity contribution in [1.29, 1.82) is 0 Å². The van der Waals surface area contributed by atoms with E-state index < -0.39 is 0 Å². The van der Waals surface area contributed by atoms with Crippen LogP contribution in [0.2, 0.25) is 5.02 Å².